The minimum absolute atomic E-state index is 0.0614. The number of aliphatic hydroxyl groups excluding tert-OH is 2. The Balaban J connectivity index is 3.44. The lowest BCUT2D eigenvalue weighted by molar-refractivity contribution is -0.123. The highest BCUT2D eigenvalue weighted by Gasteiger charge is 2.18. The third kappa shape index (κ3) is 54.5. The SMILES string of the molecule is CC/C=C\C/C=C\C/C=C\C/C=C\C/C=C\C/C=C\CCCCCCCCCCCCCCCCCCCCCCCCC(=O)NC(CO)C(O)/C=C/CCCCCCCCCCCCCCC. The van der Waals surface area contributed by atoms with Crippen LogP contribution in [0.3, 0.4) is 0 Å². The molecule has 2 atom stereocenters. The van der Waals surface area contributed by atoms with Crippen LogP contribution >= 0.6 is 0 Å². The van der Waals surface area contributed by atoms with Crippen LogP contribution in [0, 0.1) is 0 Å². The van der Waals surface area contributed by atoms with Crippen molar-refractivity contribution in [3.8, 4) is 0 Å². The Labute approximate surface area is 424 Å². The second-order valence-electron chi connectivity index (χ2n) is 20.0. The van der Waals surface area contributed by atoms with E-state index in [2.05, 4.69) is 92.1 Å². The normalized spacial score (nSPS) is 13.4. The fourth-order valence-corrected chi connectivity index (χ4v) is 8.89. The van der Waals surface area contributed by atoms with Crippen LogP contribution in [0.5, 0.6) is 0 Å². The smallest absolute Gasteiger partial charge is 0.220 e. The maximum atomic E-state index is 12.5. The summed E-state index contributed by atoms with van der Waals surface area (Å²) in [4.78, 5) is 12.5. The number of amides is 1. The van der Waals surface area contributed by atoms with Crippen LogP contribution < -0.4 is 5.32 Å². The maximum absolute atomic E-state index is 12.5. The monoisotopic (exact) mass is 946 g/mol. The van der Waals surface area contributed by atoms with E-state index in [4.69, 9.17) is 0 Å². The van der Waals surface area contributed by atoms with Crippen LogP contribution in [0.1, 0.15) is 296 Å². The first-order chi connectivity index (χ1) is 33.7. The zero-order valence-electron chi connectivity index (χ0n) is 45.4. The molecule has 68 heavy (non-hydrogen) atoms. The van der Waals surface area contributed by atoms with Gasteiger partial charge < -0.3 is 15.5 Å². The number of aliphatic hydroxyl groups is 2. The Morgan fingerprint density at radius 2 is 0.647 bits per heavy atom. The fourth-order valence-electron chi connectivity index (χ4n) is 8.89. The van der Waals surface area contributed by atoms with Crippen LogP contribution in [0.25, 0.3) is 0 Å². The van der Waals surface area contributed by atoms with E-state index >= 15 is 0 Å². The van der Waals surface area contributed by atoms with Crippen molar-refractivity contribution in [1.82, 2.24) is 5.32 Å². The standard InChI is InChI=1S/C64H115NO3/c1-3-5-7-9-11-13-15-17-19-20-21-22-23-24-25-26-27-28-29-30-31-32-33-34-35-36-37-38-39-40-41-42-43-44-46-48-50-52-54-56-58-60-64(68)65-62(61-66)63(67)59-57-55-53-51-49-47-45-18-16-14-12-10-8-6-4-2/h5,7,11,13,17,19,21-22,24-25,27-28,57,59,62-63,66-67H,3-4,6,8-10,12,14-16,18,20,23,26,29-56,58,60-61H2,1-2H3,(H,65,68)/b7-5-,13-11-,19-17-,22-21-,25-24-,28-27-,59-57+. The average Bonchev–Trinajstić information content (AvgIpc) is 3.34. The molecular weight excluding hydrogens is 831 g/mol. The lowest BCUT2D eigenvalue weighted by atomic mass is 10.0. The van der Waals surface area contributed by atoms with Crippen LogP contribution in [0.2, 0.25) is 0 Å². The molecule has 0 saturated carbocycles. The third-order valence-corrected chi connectivity index (χ3v) is 13.4. The Morgan fingerprint density at radius 1 is 0.368 bits per heavy atom. The Kier molecular flexibility index (Phi) is 56.8. The van der Waals surface area contributed by atoms with Crippen molar-refractivity contribution >= 4 is 5.91 Å². The van der Waals surface area contributed by atoms with Gasteiger partial charge in [-0.3, -0.25) is 4.79 Å². The van der Waals surface area contributed by atoms with Crippen molar-refractivity contribution in [3.63, 3.8) is 0 Å². The molecule has 0 spiro atoms. The average molecular weight is 947 g/mol. The number of unbranched alkanes of at least 4 members (excludes halogenated alkanes) is 35. The summed E-state index contributed by atoms with van der Waals surface area (Å²) in [6, 6.07) is -0.623. The third-order valence-electron chi connectivity index (χ3n) is 13.4. The van der Waals surface area contributed by atoms with Crippen molar-refractivity contribution in [1.29, 1.82) is 0 Å². The van der Waals surface area contributed by atoms with Crippen molar-refractivity contribution in [2.75, 3.05) is 6.61 Å². The lowest BCUT2D eigenvalue weighted by Crippen LogP contribution is -2.45. The number of carbonyl (C=O) groups is 1. The van der Waals surface area contributed by atoms with Crippen LogP contribution in [0.4, 0.5) is 0 Å². The second-order valence-corrected chi connectivity index (χ2v) is 20.0. The summed E-state index contributed by atoms with van der Waals surface area (Å²) in [5.41, 5.74) is 0. The molecule has 1 amide bonds. The number of hydrogen-bond donors (Lipinski definition) is 3. The lowest BCUT2D eigenvalue weighted by Gasteiger charge is -2.20. The van der Waals surface area contributed by atoms with Crippen LogP contribution in [-0.2, 0) is 4.79 Å². The van der Waals surface area contributed by atoms with Crippen molar-refractivity contribution in [2.24, 2.45) is 0 Å². The van der Waals surface area contributed by atoms with E-state index in [1.807, 2.05) is 6.08 Å². The van der Waals surface area contributed by atoms with Gasteiger partial charge in [-0.05, 0) is 70.6 Å². The van der Waals surface area contributed by atoms with Gasteiger partial charge in [-0.1, -0.05) is 304 Å². The molecule has 0 saturated heterocycles. The van der Waals surface area contributed by atoms with Gasteiger partial charge in [0.2, 0.25) is 5.91 Å². The van der Waals surface area contributed by atoms with Crippen molar-refractivity contribution in [2.45, 2.75) is 309 Å². The summed E-state index contributed by atoms with van der Waals surface area (Å²) < 4.78 is 0. The summed E-state index contributed by atoms with van der Waals surface area (Å²) in [5, 5.41) is 23.1. The molecular formula is C64H115NO3. The maximum Gasteiger partial charge on any atom is 0.220 e. The van der Waals surface area contributed by atoms with Gasteiger partial charge in [0, 0.05) is 6.42 Å². The Morgan fingerprint density at radius 3 is 0.971 bits per heavy atom. The van der Waals surface area contributed by atoms with Crippen molar-refractivity contribution < 1.29 is 15.0 Å². The van der Waals surface area contributed by atoms with E-state index in [9.17, 15) is 15.0 Å². The fraction of sp³-hybridized carbons (Fsp3) is 0.766. The molecule has 0 aromatic heterocycles. The van der Waals surface area contributed by atoms with Gasteiger partial charge >= 0.3 is 0 Å². The first kappa shape index (κ1) is 65.6. The van der Waals surface area contributed by atoms with Crippen molar-refractivity contribution in [3.05, 3.63) is 85.1 Å². The molecule has 4 heteroatoms. The first-order valence-corrected chi connectivity index (χ1v) is 29.8. The zero-order chi connectivity index (χ0) is 49.2. The summed E-state index contributed by atoms with van der Waals surface area (Å²) in [6.07, 6.45) is 86.2. The first-order valence-electron chi connectivity index (χ1n) is 29.8. The quantitative estimate of drug-likeness (QED) is 0.0420. The van der Waals surface area contributed by atoms with E-state index in [0.29, 0.717) is 6.42 Å². The summed E-state index contributed by atoms with van der Waals surface area (Å²) in [7, 11) is 0. The van der Waals surface area contributed by atoms with Gasteiger partial charge in [0.05, 0.1) is 18.8 Å². The molecule has 3 N–H and O–H groups in total. The minimum Gasteiger partial charge on any atom is -0.394 e. The van der Waals surface area contributed by atoms with Gasteiger partial charge in [-0.25, -0.2) is 0 Å². The summed E-state index contributed by atoms with van der Waals surface area (Å²) in [5.74, 6) is -0.0614. The predicted octanol–water partition coefficient (Wildman–Crippen LogP) is 19.9. The van der Waals surface area contributed by atoms with E-state index in [0.717, 1.165) is 64.2 Å². The number of carbonyl (C=O) groups excluding carboxylic acids is 1. The molecule has 0 heterocycles. The van der Waals surface area contributed by atoms with E-state index in [-0.39, 0.29) is 12.5 Å². The molecule has 0 aromatic carbocycles. The summed E-state index contributed by atoms with van der Waals surface area (Å²) in [6.45, 7) is 4.21. The molecule has 2 unspecified atom stereocenters. The van der Waals surface area contributed by atoms with E-state index < -0.39 is 12.1 Å². The topological polar surface area (TPSA) is 69.6 Å². The number of allylic oxidation sites excluding steroid dienone is 13. The largest absolute Gasteiger partial charge is 0.394 e. The van der Waals surface area contributed by atoms with Crippen LogP contribution in [-0.4, -0.2) is 34.9 Å². The number of rotatable bonds is 54. The molecule has 0 aliphatic carbocycles. The highest BCUT2D eigenvalue weighted by molar-refractivity contribution is 5.76. The van der Waals surface area contributed by atoms with Gasteiger partial charge in [0.15, 0.2) is 0 Å². The highest BCUT2D eigenvalue weighted by atomic mass is 16.3. The molecule has 0 rings (SSSR count). The van der Waals surface area contributed by atoms with E-state index in [1.165, 1.54) is 212 Å². The molecule has 0 aromatic rings. The predicted molar refractivity (Wildman–Crippen MR) is 303 cm³/mol. The Bertz CT molecular complexity index is 1210. The molecule has 394 valence electrons. The molecule has 0 bridgehead atoms. The molecule has 4 nitrogen and oxygen atoms in total. The van der Waals surface area contributed by atoms with Gasteiger partial charge in [0.25, 0.3) is 0 Å². The zero-order valence-corrected chi connectivity index (χ0v) is 45.4. The molecule has 0 aliphatic heterocycles. The number of hydrogen-bond acceptors (Lipinski definition) is 3. The molecule has 0 fully saturated rings. The van der Waals surface area contributed by atoms with Crippen LogP contribution in [0.15, 0.2) is 85.1 Å². The van der Waals surface area contributed by atoms with E-state index in [1.54, 1.807) is 6.08 Å². The Hall–Kier alpha value is -2.43. The van der Waals surface area contributed by atoms with Gasteiger partial charge in [-0.15, -0.1) is 0 Å². The highest BCUT2D eigenvalue weighted by Crippen LogP contribution is 2.17. The van der Waals surface area contributed by atoms with Gasteiger partial charge in [-0.2, -0.15) is 0 Å². The number of nitrogens with one attached hydrogen (secondary N) is 1. The van der Waals surface area contributed by atoms with Gasteiger partial charge in [0.1, 0.15) is 0 Å². The summed E-state index contributed by atoms with van der Waals surface area (Å²) >= 11 is 0. The molecule has 0 radical (unpaired) electrons. The molecule has 0 aliphatic rings. The second kappa shape index (κ2) is 58.9. The minimum atomic E-state index is -0.839.